The average molecular weight is 370 g/mol. The molecule has 1 saturated heterocycles. The lowest BCUT2D eigenvalue weighted by Crippen LogP contribution is -2.39. The van der Waals surface area contributed by atoms with E-state index in [9.17, 15) is 9.18 Å². The van der Waals surface area contributed by atoms with E-state index in [1.54, 1.807) is 19.2 Å². The van der Waals surface area contributed by atoms with Gasteiger partial charge in [-0.25, -0.2) is 4.39 Å². The first-order chi connectivity index (χ1) is 13.2. The Hall–Kier alpha value is -2.40. The molecule has 144 valence electrons. The van der Waals surface area contributed by atoms with Crippen molar-refractivity contribution in [3.63, 3.8) is 0 Å². The molecule has 1 heterocycles. The molecule has 2 aromatic carbocycles. The lowest BCUT2D eigenvalue weighted by Gasteiger charge is -2.29. The van der Waals surface area contributed by atoms with E-state index >= 15 is 0 Å². The third kappa shape index (κ3) is 5.54. The number of ether oxygens (including phenoxy) is 1. The summed E-state index contributed by atoms with van der Waals surface area (Å²) in [4.78, 5) is 14.8. The van der Waals surface area contributed by atoms with Crippen LogP contribution in [0.25, 0.3) is 0 Å². The molecule has 4 nitrogen and oxygen atoms in total. The third-order valence-electron chi connectivity index (χ3n) is 5.11. The Morgan fingerprint density at radius 3 is 2.56 bits per heavy atom. The van der Waals surface area contributed by atoms with Crippen LogP contribution in [0.1, 0.15) is 42.9 Å². The number of carbonyl (C=O) groups is 1. The van der Waals surface area contributed by atoms with Crippen molar-refractivity contribution in [2.75, 3.05) is 20.2 Å². The predicted molar refractivity (Wildman–Crippen MR) is 104 cm³/mol. The maximum Gasteiger partial charge on any atom is 0.234 e. The number of amides is 1. The molecule has 1 N–H and O–H groups in total. The van der Waals surface area contributed by atoms with E-state index in [1.165, 1.54) is 30.5 Å². The van der Waals surface area contributed by atoms with Gasteiger partial charge in [0.1, 0.15) is 11.6 Å². The molecule has 0 spiro atoms. The smallest absolute Gasteiger partial charge is 0.234 e. The summed E-state index contributed by atoms with van der Waals surface area (Å²) in [7, 11) is 1.67. The first-order valence-electron chi connectivity index (χ1n) is 9.55. The zero-order valence-corrected chi connectivity index (χ0v) is 15.8. The monoisotopic (exact) mass is 370 g/mol. The number of hydrogen-bond acceptors (Lipinski definition) is 3. The van der Waals surface area contributed by atoms with Crippen molar-refractivity contribution in [3.05, 3.63) is 65.5 Å². The molecule has 0 aliphatic carbocycles. The first-order valence-corrected chi connectivity index (χ1v) is 9.55. The standard InChI is InChI=1S/C22H27FN2O2/c1-27-20-12-8-18(9-13-20)21-5-3-2-4-14-25(21)16-22(26)24-15-17-6-10-19(23)11-7-17/h6-13,21H,2-5,14-16H2,1H3,(H,24,26). The van der Waals surface area contributed by atoms with Crippen molar-refractivity contribution in [3.8, 4) is 5.75 Å². The van der Waals surface area contributed by atoms with Gasteiger partial charge in [-0.1, -0.05) is 37.1 Å². The van der Waals surface area contributed by atoms with Gasteiger partial charge in [0.25, 0.3) is 0 Å². The number of halogens is 1. The third-order valence-corrected chi connectivity index (χ3v) is 5.11. The van der Waals surface area contributed by atoms with Gasteiger partial charge < -0.3 is 10.1 Å². The van der Waals surface area contributed by atoms with Gasteiger partial charge in [-0.3, -0.25) is 9.69 Å². The van der Waals surface area contributed by atoms with Crippen molar-refractivity contribution < 1.29 is 13.9 Å². The molecule has 0 saturated carbocycles. The van der Waals surface area contributed by atoms with Crippen LogP contribution in [0.3, 0.4) is 0 Å². The molecule has 0 bridgehead atoms. The number of carbonyl (C=O) groups excluding carboxylic acids is 1. The fourth-order valence-corrected chi connectivity index (χ4v) is 3.60. The molecule has 5 heteroatoms. The lowest BCUT2D eigenvalue weighted by molar-refractivity contribution is -0.123. The van der Waals surface area contributed by atoms with E-state index in [2.05, 4.69) is 22.3 Å². The number of rotatable bonds is 6. The van der Waals surface area contributed by atoms with Gasteiger partial charge in [-0.2, -0.15) is 0 Å². The van der Waals surface area contributed by atoms with Gasteiger partial charge in [0.05, 0.1) is 13.7 Å². The van der Waals surface area contributed by atoms with Crippen molar-refractivity contribution in [1.82, 2.24) is 10.2 Å². The normalized spacial score (nSPS) is 17.9. The van der Waals surface area contributed by atoms with Crippen LogP contribution in [-0.2, 0) is 11.3 Å². The van der Waals surface area contributed by atoms with Crippen LogP contribution < -0.4 is 10.1 Å². The maximum absolute atomic E-state index is 13.0. The van der Waals surface area contributed by atoms with Crippen molar-refractivity contribution >= 4 is 5.91 Å². The molecule has 0 radical (unpaired) electrons. The van der Waals surface area contributed by atoms with E-state index in [0.29, 0.717) is 13.1 Å². The maximum atomic E-state index is 13.0. The van der Waals surface area contributed by atoms with Gasteiger partial charge in [-0.05, 0) is 54.8 Å². The van der Waals surface area contributed by atoms with Gasteiger partial charge in [0.15, 0.2) is 0 Å². The Morgan fingerprint density at radius 2 is 1.85 bits per heavy atom. The van der Waals surface area contributed by atoms with Crippen LogP contribution in [0.4, 0.5) is 4.39 Å². The van der Waals surface area contributed by atoms with Gasteiger partial charge in [0.2, 0.25) is 5.91 Å². The summed E-state index contributed by atoms with van der Waals surface area (Å²) < 4.78 is 18.2. The summed E-state index contributed by atoms with van der Waals surface area (Å²) in [5, 5.41) is 2.95. The Bertz CT molecular complexity index is 731. The summed E-state index contributed by atoms with van der Waals surface area (Å²) in [5.74, 6) is 0.577. The van der Waals surface area contributed by atoms with Crippen molar-refractivity contribution in [2.24, 2.45) is 0 Å². The van der Waals surface area contributed by atoms with Crippen molar-refractivity contribution in [2.45, 2.75) is 38.3 Å². The molecule has 27 heavy (non-hydrogen) atoms. The van der Waals surface area contributed by atoms with Crippen LogP contribution in [-0.4, -0.2) is 31.0 Å². The highest BCUT2D eigenvalue weighted by molar-refractivity contribution is 5.78. The summed E-state index contributed by atoms with van der Waals surface area (Å²) in [6.45, 7) is 1.71. The zero-order chi connectivity index (χ0) is 19.1. The minimum Gasteiger partial charge on any atom is -0.497 e. The van der Waals surface area contributed by atoms with E-state index in [4.69, 9.17) is 4.74 Å². The quantitative estimate of drug-likeness (QED) is 0.833. The van der Waals surface area contributed by atoms with Gasteiger partial charge in [-0.15, -0.1) is 0 Å². The predicted octanol–water partition coefficient (Wildman–Crippen LogP) is 4.07. The molecule has 1 atom stereocenters. The van der Waals surface area contributed by atoms with Crippen LogP contribution >= 0.6 is 0 Å². The second kappa shape index (κ2) is 9.51. The Kier molecular flexibility index (Phi) is 6.82. The molecule has 1 aliphatic heterocycles. The number of likely N-dealkylation sites (tertiary alicyclic amines) is 1. The molecule has 1 unspecified atom stereocenters. The van der Waals surface area contributed by atoms with E-state index in [0.717, 1.165) is 30.7 Å². The number of nitrogens with one attached hydrogen (secondary N) is 1. The number of methoxy groups -OCH3 is 1. The van der Waals surface area contributed by atoms with Crippen LogP contribution in [0.5, 0.6) is 5.75 Å². The molecule has 1 fully saturated rings. The Balaban J connectivity index is 1.62. The second-order valence-corrected chi connectivity index (χ2v) is 7.01. The summed E-state index contributed by atoms with van der Waals surface area (Å²) >= 11 is 0. The summed E-state index contributed by atoms with van der Waals surface area (Å²) in [6.07, 6.45) is 4.53. The molecule has 1 amide bonds. The Morgan fingerprint density at radius 1 is 1.11 bits per heavy atom. The summed E-state index contributed by atoms with van der Waals surface area (Å²) in [5.41, 5.74) is 2.12. The van der Waals surface area contributed by atoms with Gasteiger partial charge in [0, 0.05) is 12.6 Å². The van der Waals surface area contributed by atoms with E-state index in [1.807, 2.05) is 12.1 Å². The summed E-state index contributed by atoms with van der Waals surface area (Å²) in [6, 6.07) is 14.6. The van der Waals surface area contributed by atoms with E-state index < -0.39 is 0 Å². The topological polar surface area (TPSA) is 41.6 Å². The van der Waals surface area contributed by atoms with E-state index in [-0.39, 0.29) is 17.8 Å². The highest BCUT2D eigenvalue weighted by Crippen LogP contribution is 2.30. The highest BCUT2D eigenvalue weighted by Gasteiger charge is 2.24. The number of hydrogen-bond donors (Lipinski definition) is 1. The lowest BCUT2D eigenvalue weighted by atomic mass is 10.0. The fourth-order valence-electron chi connectivity index (χ4n) is 3.60. The molecule has 3 rings (SSSR count). The largest absolute Gasteiger partial charge is 0.497 e. The fraction of sp³-hybridized carbons (Fsp3) is 0.409. The molecular weight excluding hydrogens is 343 g/mol. The molecule has 0 aromatic heterocycles. The highest BCUT2D eigenvalue weighted by atomic mass is 19.1. The minimum absolute atomic E-state index is 0.000244. The second-order valence-electron chi connectivity index (χ2n) is 7.01. The number of nitrogens with zero attached hydrogens (tertiary/aromatic N) is 1. The van der Waals surface area contributed by atoms with Gasteiger partial charge >= 0.3 is 0 Å². The molecular formula is C22H27FN2O2. The van der Waals surface area contributed by atoms with Crippen LogP contribution in [0, 0.1) is 5.82 Å². The first kappa shape index (κ1) is 19.4. The zero-order valence-electron chi connectivity index (χ0n) is 15.8. The van der Waals surface area contributed by atoms with Crippen molar-refractivity contribution in [1.29, 1.82) is 0 Å². The Labute approximate surface area is 160 Å². The SMILES string of the molecule is COc1ccc(C2CCCCCN2CC(=O)NCc2ccc(F)cc2)cc1. The molecule has 1 aliphatic rings. The average Bonchev–Trinajstić information content (AvgIpc) is 2.93. The minimum atomic E-state index is -0.267. The van der Waals surface area contributed by atoms with Crippen LogP contribution in [0.15, 0.2) is 48.5 Å². The number of benzene rings is 2. The van der Waals surface area contributed by atoms with Crippen LogP contribution in [0.2, 0.25) is 0 Å². The molecule has 2 aromatic rings.